The van der Waals surface area contributed by atoms with Crippen LogP contribution in [0.5, 0.6) is 0 Å². The van der Waals surface area contributed by atoms with Crippen LogP contribution < -0.4 is 5.32 Å². The molecule has 2 nitrogen and oxygen atoms in total. The Bertz CT molecular complexity index is 519. The molecule has 0 aliphatic rings. The minimum atomic E-state index is 0.757. The van der Waals surface area contributed by atoms with Crippen LogP contribution in [0.25, 0.3) is 11.3 Å². The summed E-state index contributed by atoms with van der Waals surface area (Å²) in [5, 5.41) is 4.08. The zero-order valence-electron chi connectivity index (χ0n) is 10.8. The summed E-state index contributed by atoms with van der Waals surface area (Å²) in [6, 6.07) is 9.88. The first-order chi connectivity index (χ1) is 8.70. The van der Waals surface area contributed by atoms with Gasteiger partial charge in [-0.05, 0) is 55.8 Å². The van der Waals surface area contributed by atoms with E-state index in [2.05, 4.69) is 12.2 Å². The van der Waals surface area contributed by atoms with Crippen molar-refractivity contribution >= 4 is 11.6 Å². The van der Waals surface area contributed by atoms with Crippen LogP contribution in [0.3, 0.4) is 0 Å². The molecular formula is C15H18ClNO. The number of aryl methyl sites for hydroxylation is 1. The zero-order chi connectivity index (χ0) is 13.0. The lowest BCUT2D eigenvalue weighted by Gasteiger charge is -2.03. The lowest BCUT2D eigenvalue weighted by Crippen LogP contribution is -2.12. The Hall–Kier alpha value is -1.25. The Balaban J connectivity index is 2.13. The maximum Gasteiger partial charge on any atom is 0.134 e. The van der Waals surface area contributed by atoms with Gasteiger partial charge in [0.25, 0.3) is 0 Å². The van der Waals surface area contributed by atoms with Gasteiger partial charge in [0.15, 0.2) is 0 Å². The molecule has 96 valence electrons. The number of rotatable bonds is 5. The molecule has 1 aromatic carbocycles. The molecule has 1 N–H and O–H groups in total. The lowest BCUT2D eigenvalue weighted by molar-refractivity contribution is 0.493. The average molecular weight is 264 g/mol. The first-order valence-corrected chi connectivity index (χ1v) is 6.64. The molecule has 0 saturated carbocycles. The van der Waals surface area contributed by atoms with E-state index in [0.717, 1.165) is 47.2 Å². The quantitative estimate of drug-likeness (QED) is 0.809. The van der Waals surface area contributed by atoms with Gasteiger partial charge in [-0.2, -0.15) is 0 Å². The molecule has 0 fully saturated rings. The van der Waals surface area contributed by atoms with Gasteiger partial charge in [-0.3, -0.25) is 0 Å². The van der Waals surface area contributed by atoms with Crippen molar-refractivity contribution in [3.8, 4) is 11.3 Å². The number of hydrogen-bond donors (Lipinski definition) is 1. The van der Waals surface area contributed by atoms with Crippen LogP contribution in [0.15, 0.2) is 34.7 Å². The van der Waals surface area contributed by atoms with Crippen LogP contribution in [0, 0.1) is 6.92 Å². The number of benzene rings is 1. The fraction of sp³-hybridized carbons (Fsp3) is 0.333. The molecule has 18 heavy (non-hydrogen) atoms. The summed E-state index contributed by atoms with van der Waals surface area (Å²) in [6.07, 6.45) is 1.13. The van der Waals surface area contributed by atoms with Gasteiger partial charge in [-0.25, -0.2) is 0 Å². The average Bonchev–Trinajstić information content (AvgIpc) is 2.78. The standard InChI is InChI=1S/C15H18ClNO/c1-3-8-17-10-13-5-7-15(18-13)14-6-4-12(16)9-11(14)2/h4-7,9,17H,3,8,10H2,1-2H3. The molecular weight excluding hydrogens is 246 g/mol. The van der Waals surface area contributed by atoms with Crippen LogP contribution >= 0.6 is 11.6 Å². The Morgan fingerprint density at radius 3 is 2.78 bits per heavy atom. The molecule has 2 aromatic rings. The molecule has 0 saturated heterocycles. The van der Waals surface area contributed by atoms with E-state index in [9.17, 15) is 0 Å². The van der Waals surface area contributed by atoms with Crippen molar-refractivity contribution in [3.05, 3.63) is 46.7 Å². The van der Waals surface area contributed by atoms with Crippen LogP contribution in [-0.4, -0.2) is 6.54 Å². The first kappa shape index (κ1) is 13.2. The molecule has 0 amide bonds. The van der Waals surface area contributed by atoms with Crippen LogP contribution in [0.1, 0.15) is 24.7 Å². The van der Waals surface area contributed by atoms with Crippen molar-refractivity contribution in [2.75, 3.05) is 6.54 Å². The van der Waals surface area contributed by atoms with Gasteiger partial charge >= 0.3 is 0 Å². The van der Waals surface area contributed by atoms with Gasteiger partial charge in [0.1, 0.15) is 11.5 Å². The predicted octanol–water partition coefficient (Wildman–Crippen LogP) is 4.41. The third-order valence-corrected chi connectivity index (χ3v) is 3.08. The third-order valence-electron chi connectivity index (χ3n) is 2.84. The SMILES string of the molecule is CCCNCc1ccc(-c2ccc(Cl)cc2C)o1. The van der Waals surface area contributed by atoms with E-state index in [1.165, 1.54) is 0 Å². The lowest BCUT2D eigenvalue weighted by atomic mass is 10.1. The Kier molecular flexibility index (Phi) is 4.45. The van der Waals surface area contributed by atoms with Gasteiger partial charge in [0.2, 0.25) is 0 Å². The number of halogens is 1. The van der Waals surface area contributed by atoms with E-state index in [1.807, 2.05) is 37.3 Å². The molecule has 0 aliphatic heterocycles. The molecule has 0 aliphatic carbocycles. The summed E-state index contributed by atoms with van der Waals surface area (Å²) in [4.78, 5) is 0. The molecule has 0 unspecified atom stereocenters. The second-order valence-corrected chi connectivity index (χ2v) is 4.84. The fourth-order valence-corrected chi connectivity index (χ4v) is 2.14. The number of furan rings is 1. The highest BCUT2D eigenvalue weighted by Crippen LogP contribution is 2.27. The molecule has 0 bridgehead atoms. The largest absolute Gasteiger partial charge is 0.460 e. The van der Waals surface area contributed by atoms with Crippen molar-refractivity contribution < 1.29 is 4.42 Å². The van der Waals surface area contributed by atoms with Gasteiger partial charge < -0.3 is 9.73 Å². The van der Waals surface area contributed by atoms with E-state index in [1.54, 1.807) is 0 Å². The van der Waals surface area contributed by atoms with Crippen molar-refractivity contribution in [1.82, 2.24) is 5.32 Å². The first-order valence-electron chi connectivity index (χ1n) is 6.26. The van der Waals surface area contributed by atoms with Crippen molar-refractivity contribution in [2.24, 2.45) is 0 Å². The topological polar surface area (TPSA) is 25.2 Å². The maximum absolute atomic E-state index is 5.95. The predicted molar refractivity (Wildman–Crippen MR) is 75.9 cm³/mol. The molecule has 1 heterocycles. The van der Waals surface area contributed by atoms with Crippen molar-refractivity contribution in [2.45, 2.75) is 26.8 Å². The van der Waals surface area contributed by atoms with Crippen LogP contribution in [-0.2, 0) is 6.54 Å². The summed E-state index contributed by atoms with van der Waals surface area (Å²) < 4.78 is 5.83. The van der Waals surface area contributed by atoms with E-state index in [0.29, 0.717) is 0 Å². The second kappa shape index (κ2) is 6.07. The van der Waals surface area contributed by atoms with E-state index in [4.69, 9.17) is 16.0 Å². The summed E-state index contributed by atoms with van der Waals surface area (Å²) in [7, 11) is 0. The van der Waals surface area contributed by atoms with Crippen LogP contribution in [0.2, 0.25) is 5.02 Å². The summed E-state index contributed by atoms with van der Waals surface area (Å²) in [5.41, 5.74) is 2.23. The fourth-order valence-electron chi connectivity index (χ4n) is 1.91. The number of nitrogens with one attached hydrogen (secondary N) is 1. The zero-order valence-corrected chi connectivity index (χ0v) is 11.6. The Morgan fingerprint density at radius 1 is 1.22 bits per heavy atom. The molecule has 0 atom stereocenters. The van der Waals surface area contributed by atoms with Crippen LogP contribution in [0.4, 0.5) is 0 Å². The molecule has 2 rings (SSSR count). The van der Waals surface area contributed by atoms with Gasteiger partial charge in [0.05, 0.1) is 6.54 Å². The molecule has 0 spiro atoms. The Morgan fingerprint density at radius 2 is 2.06 bits per heavy atom. The highest BCUT2D eigenvalue weighted by atomic mass is 35.5. The second-order valence-electron chi connectivity index (χ2n) is 4.40. The van der Waals surface area contributed by atoms with Gasteiger partial charge in [0, 0.05) is 10.6 Å². The minimum absolute atomic E-state index is 0.757. The van der Waals surface area contributed by atoms with Crippen molar-refractivity contribution in [1.29, 1.82) is 0 Å². The third kappa shape index (κ3) is 3.15. The molecule has 1 aromatic heterocycles. The highest BCUT2D eigenvalue weighted by Gasteiger charge is 2.07. The minimum Gasteiger partial charge on any atom is -0.460 e. The van der Waals surface area contributed by atoms with E-state index < -0.39 is 0 Å². The smallest absolute Gasteiger partial charge is 0.134 e. The van der Waals surface area contributed by atoms with Gasteiger partial charge in [-0.15, -0.1) is 0 Å². The summed E-state index contributed by atoms with van der Waals surface area (Å²) >= 11 is 5.95. The summed E-state index contributed by atoms with van der Waals surface area (Å²) in [6.45, 7) is 5.98. The monoisotopic (exact) mass is 263 g/mol. The summed E-state index contributed by atoms with van der Waals surface area (Å²) in [5.74, 6) is 1.87. The highest BCUT2D eigenvalue weighted by molar-refractivity contribution is 6.30. The van der Waals surface area contributed by atoms with E-state index in [-0.39, 0.29) is 0 Å². The molecule has 3 heteroatoms. The van der Waals surface area contributed by atoms with E-state index >= 15 is 0 Å². The number of hydrogen-bond acceptors (Lipinski definition) is 2. The van der Waals surface area contributed by atoms with Crippen molar-refractivity contribution in [3.63, 3.8) is 0 Å². The molecule has 0 radical (unpaired) electrons. The Labute approximate surface area is 113 Å². The maximum atomic E-state index is 5.95. The normalized spacial score (nSPS) is 10.8. The van der Waals surface area contributed by atoms with Gasteiger partial charge in [-0.1, -0.05) is 18.5 Å².